The van der Waals surface area contributed by atoms with Crippen molar-refractivity contribution in [2.75, 3.05) is 6.54 Å². The number of nitrogens with two attached hydrogens (primary N) is 1. The van der Waals surface area contributed by atoms with Gasteiger partial charge in [-0.1, -0.05) is 19.1 Å². The summed E-state index contributed by atoms with van der Waals surface area (Å²) in [5.74, 6) is -1.77. The van der Waals surface area contributed by atoms with Crippen LogP contribution in [0.4, 0.5) is 13.2 Å². The molecule has 0 radical (unpaired) electrons. The third kappa shape index (κ3) is 3.40. The zero-order valence-corrected chi connectivity index (χ0v) is 12.1. The van der Waals surface area contributed by atoms with Gasteiger partial charge in [0.1, 0.15) is 0 Å². The first kappa shape index (κ1) is 16.3. The normalized spacial score (nSPS) is 22.5. The van der Waals surface area contributed by atoms with Crippen molar-refractivity contribution in [3.05, 3.63) is 35.4 Å². The van der Waals surface area contributed by atoms with Crippen LogP contribution in [-0.4, -0.2) is 23.3 Å². The molecule has 22 heavy (non-hydrogen) atoms. The predicted molar refractivity (Wildman–Crippen MR) is 73.5 cm³/mol. The Balaban J connectivity index is 2.36. The molecule has 4 nitrogen and oxygen atoms in total. The molecule has 1 saturated heterocycles. The number of carbonyl (C=O) groups excluding carboxylic acids is 2. The zero-order chi connectivity index (χ0) is 16.5. The Morgan fingerprint density at radius 3 is 2.55 bits per heavy atom. The molecule has 2 amide bonds. The van der Waals surface area contributed by atoms with E-state index in [2.05, 4.69) is 0 Å². The number of hydrogen-bond acceptors (Lipinski definition) is 2. The van der Waals surface area contributed by atoms with Crippen LogP contribution in [0.1, 0.15) is 36.9 Å². The lowest BCUT2D eigenvalue weighted by atomic mass is 9.89. The molecule has 1 aromatic rings. The van der Waals surface area contributed by atoms with E-state index in [1.165, 1.54) is 17.0 Å². The van der Waals surface area contributed by atoms with Crippen LogP contribution >= 0.6 is 0 Å². The molecule has 7 heteroatoms. The Labute approximate surface area is 126 Å². The molecule has 1 aliphatic rings. The molecule has 0 bridgehead atoms. The number of carbonyl (C=O) groups is 2. The minimum atomic E-state index is -4.45. The Kier molecular flexibility index (Phi) is 4.44. The number of amides is 2. The molecule has 0 unspecified atom stereocenters. The molecule has 1 heterocycles. The maximum atomic E-state index is 12.8. The minimum Gasteiger partial charge on any atom is -0.361 e. The molecule has 2 atom stereocenters. The fraction of sp³-hybridized carbons (Fsp3) is 0.467. The molecule has 0 aromatic heterocycles. The van der Waals surface area contributed by atoms with E-state index in [-0.39, 0.29) is 5.92 Å². The van der Waals surface area contributed by atoms with Gasteiger partial charge >= 0.3 is 18.0 Å². The van der Waals surface area contributed by atoms with E-state index in [1.54, 1.807) is 0 Å². The number of alkyl halides is 3. The summed E-state index contributed by atoms with van der Waals surface area (Å²) in [6, 6.07) is 4.30. The highest BCUT2D eigenvalue weighted by Gasteiger charge is 2.35. The van der Waals surface area contributed by atoms with Crippen LogP contribution in [-0.2, 0) is 15.8 Å². The molecule has 1 aliphatic heterocycles. The molecule has 1 fully saturated rings. The number of nitrogens with zero attached hydrogens (tertiary/aromatic N) is 1. The summed E-state index contributed by atoms with van der Waals surface area (Å²) < 4.78 is 38.5. The van der Waals surface area contributed by atoms with E-state index >= 15 is 0 Å². The van der Waals surface area contributed by atoms with Gasteiger partial charge in [0.15, 0.2) is 0 Å². The van der Waals surface area contributed by atoms with Crippen LogP contribution < -0.4 is 5.73 Å². The molecular weight excluding hydrogens is 297 g/mol. The summed E-state index contributed by atoms with van der Waals surface area (Å²) in [4.78, 5) is 24.4. The molecule has 0 aliphatic carbocycles. The third-order valence-corrected chi connectivity index (χ3v) is 3.89. The highest BCUT2D eigenvalue weighted by atomic mass is 19.4. The summed E-state index contributed by atoms with van der Waals surface area (Å²) in [5.41, 5.74) is 4.64. The molecule has 0 spiro atoms. The fourth-order valence-electron chi connectivity index (χ4n) is 2.79. The smallest absolute Gasteiger partial charge is 0.361 e. The van der Waals surface area contributed by atoms with E-state index in [0.717, 1.165) is 18.6 Å². The topological polar surface area (TPSA) is 63.4 Å². The van der Waals surface area contributed by atoms with E-state index in [0.29, 0.717) is 18.5 Å². The Hall–Kier alpha value is -2.05. The number of rotatable bonds is 1. The van der Waals surface area contributed by atoms with Gasteiger partial charge in [0.25, 0.3) is 0 Å². The SMILES string of the molecule is C[C@H]1CC[C@H](c2cccc(C(F)(F)F)c2)N(C(=O)C(N)=O)C1. The van der Waals surface area contributed by atoms with Gasteiger partial charge in [-0.15, -0.1) is 0 Å². The second-order valence-corrected chi connectivity index (χ2v) is 5.64. The van der Waals surface area contributed by atoms with Crippen LogP contribution in [0.2, 0.25) is 0 Å². The molecule has 120 valence electrons. The summed E-state index contributed by atoms with van der Waals surface area (Å²) >= 11 is 0. The second kappa shape index (κ2) is 5.98. The van der Waals surface area contributed by atoms with Gasteiger partial charge in [0.05, 0.1) is 11.6 Å². The lowest BCUT2D eigenvalue weighted by Crippen LogP contribution is -2.46. The van der Waals surface area contributed by atoms with E-state index in [1.807, 2.05) is 6.92 Å². The monoisotopic (exact) mass is 314 g/mol. The van der Waals surface area contributed by atoms with E-state index in [9.17, 15) is 22.8 Å². The van der Waals surface area contributed by atoms with Crippen LogP contribution in [0, 0.1) is 5.92 Å². The maximum absolute atomic E-state index is 12.8. The number of halogens is 3. The van der Waals surface area contributed by atoms with Crippen LogP contribution in [0.25, 0.3) is 0 Å². The molecule has 2 rings (SSSR count). The zero-order valence-electron chi connectivity index (χ0n) is 12.1. The van der Waals surface area contributed by atoms with Gasteiger partial charge in [0, 0.05) is 6.54 Å². The first-order chi connectivity index (χ1) is 10.2. The highest BCUT2D eigenvalue weighted by Crippen LogP contribution is 2.36. The first-order valence-corrected chi connectivity index (χ1v) is 6.97. The van der Waals surface area contributed by atoms with Gasteiger partial charge in [-0.25, -0.2) is 0 Å². The molecule has 1 aromatic carbocycles. The summed E-state index contributed by atoms with van der Waals surface area (Å²) in [5, 5.41) is 0. The number of likely N-dealkylation sites (tertiary alicyclic amines) is 1. The largest absolute Gasteiger partial charge is 0.416 e. The Morgan fingerprint density at radius 2 is 1.95 bits per heavy atom. The van der Waals surface area contributed by atoms with Gasteiger partial charge in [-0.2, -0.15) is 13.2 Å². The second-order valence-electron chi connectivity index (χ2n) is 5.64. The van der Waals surface area contributed by atoms with Gasteiger partial charge in [-0.3, -0.25) is 9.59 Å². The van der Waals surface area contributed by atoms with E-state index in [4.69, 9.17) is 5.73 Å². The third-order valence-electron chi connectivity index (χ3n) is 3.89. The van der Waals surface area contributed by atoms with Gasteiger partial charge in [-0.05, 0) is 36.5 Å². The average molecular weight is 314 g/mol. The van der Waals surface area contributed by atoms with Crippen molar-refractivity contribution in [2.45, 2.75) is 32.0 Å². The summed E-state index contributed by atoms with van der Waals surface area (Å²) in [6.45, 7) is 2.23. The van der Waals surface area contributed by atoms with Gasteiger partial charge < -0.3 is 10.6 Å². The predicted octanol–water partition coefficient (Wildman–Crippen LogP) is 2.49. The average Bonchev–Trinajstić information content (AvgIpc) is 2.45. The van der Waals surface area contributed by atoms with E-state index < -0.39 is 29.6 Å². The number of benzene rings is 1. The molecular formula is C15H17F3N2O2. The summed E-state index contributed by atoms with van der Waals surface area (Å²) in [7, 11) is 0. The van der Waals surface area contributed by atoms with Crippen molar-refractivity contribution in [3.63, 3.8) is 0 Å². The fourth-order valence-corrected chi connectivity index (χ4v) is 2.79. The van der Waals surface area contributed by atoms with Crippen LogP contribution in [0.15, 0.2) is 24.3 Å². The molecule has 2 N–H and O–H groups in total. The molecule has 0 saturated carbocycles. The number of primary amides is 1. The van der Waals surface area contributed by atoms with Crippen molar-refractivity contribution >= 4 is 11.8 Å². The lowest BCUT2D eigenvalue weighted by molar-refractivity contribution is -0.147. The minimum absolute atomic E-state index is 0.172. The van der Waals surface area contributed by atoms with Crippen molar-refractivity contribution in [1.29, 1.82) is 0 Å². The van der Waals surface area contributed by atoms with Crippen molar-refractivity contribution in [1.82, 2.24) is 4.90 Å². The highest BCUT2D eigenvalue weighted by molar-refractivity contribution is 6.34. The number of piperidine rings is 1. The van der Waals surface area contributed by atoms with Crippen LogP contribution in [0.5, 0.6) is 0 Å². The Morgan fingerprint density at radius 1 is 1.27 bits per heavy atom. The lowest BCUT2D eigenvalue weighted by Gasteiger charge is -2.38. The van der Waals surface area contributed by atoms with Crippen LogP contribution in [0.3, 0.4) is 0 Å². The standard InChI is InChI=1S/C15H17F3N2O2/c1-9-5-6-12(20(8-9)14(22)13(19)21)10-3-2-4-11(7-10)15(16,17)18/h2-4,7,9,12H,5-6,8H2,1H3,(H2,19,21)/t9-,12+/m0/s1. The first-order valence-electron chi connectivity index (χ1n) is 6.97. The van der Waals surface area contributed by atoms with Crippen molar-refractivity contribution < 1.29 is 22.8 Å². The Bertz CT molecular complexity index is 586. The maximum Gasteiger partial charge on any atom is 0.416 e. The quantitative estimate of drug-likeness (QED) is 0.810. The number of hydrogen-bond donors (Lipinski definition) is 1. The van der Waals surface area contributed by atoms with Gasteiger partial charge in [0.2, 0.25) is 0 Å². The summed E-state index contributed by atoms with van der Waals surface area (Å²) in [6.07, 6.45) is -3.18. The van der Waals surface area contributed by atoms with Crippen molar-refractivity contribution in [3.8, 4) is 0 Å². The van der Waals surface area contributed by atoms with Crippen molar-refractivity contribution in [2.24, 2.45) is 11.7 Å².